The van der Waals surface area contributed by atoms with E-state index >= 15 is 0 Å². The number of anilines is 1. The second-order valence-corrected chi connectivity index (χ2v) is 11.5. The van der Waals surface area contributed by atoms with Crippen LogP contribution in [-0.4, -0.2) is 52.1 Å². The highest BCUT2D eigenvalue weighted by Gasteiger charge is 2.28. The lowest BCUT2D eigenvalue weighted by Gasteiger charge is -2.26. The minimum Gasteiger partial charge on any atom is -0.379 e. The van der Waals surface area contributed by atoms with E-state index in [2.05, 4.69) is 22.3 Å². The summed E-state index contributed by atoms with van der Waals surface area (Å²) in [6.45, 7) is 7.84. The maximum Gasteiger partial charge on any atom is 0.264 e. The molecule has 7 nitrogen and oxygen atoms in total. The van der Waals surface area contributed by atoms with Gasteiger partial charge in [-0.3, -0.25) is 14.0 Å². The third-order valence-electron chi connectivity index (χ3n) is 6.35. The highest BCUT2D eigenvalue weighted by atomic mass is 35.5. The van der Waals surface area contributed by atoms with Crippen LogP contribution in [-0.2, 0) is 32.6 Å². The average molecular weight is 542 g/mol. The molecular weight excluding hydrogens is 510 g/mol. The molecule has 1 amide bonds. The number of hydrogen-bond acceptors (Lipinski definition) is 5. The molecule has 1 heterocycles. The quantitative estimate of drug-likeness (QED) is 0.437. The number of carbonyl (C=O) groups excluding carboxylic acids is 1. The highest BCUT2D eigenvalue weighted by Crippen LogP contribution is 2.29. The van der Waals surface area contributed by atoms with E-state index in [1.165, 1.54) is 5.56 Å². The van der Waals surface area contributed by atoms with Crippen LogP contribution in [0.3, 0.4) is 0 Å². The Hall–Kier alpha value is -2.91. The molecule has 0 unspecified atom stereocenters. The number of carbonyl (C=O) groups is 1. The summed E-state index contributed by atoms with van der Waals surface area (Å²) in [5.41, 5.74) is 4.15. The summed E-state index contributed by atoms with van der Waals surface area (Å²) in [6, 6.07) is 19.6. The Morgan fingerprint density at radius 2 is 1.62 bits per heavy atom. The number of halogens is 1. The molecule has 0 spiro atoms. The topological polar surface area (TPSA) is 79.0 Å². The van der Waals surface area contributed by atoms with E-state index < -0.39 is 15.9 Å². The summed E-state index contributed by atoms with van der Waals surface area (Å²) < 4.78 is 33.7. The van der Waals surface area contributed by atoms with Crippen molar-refractivity contribution < 1.29 is 17.9 Å². The van der Waals surface area contributed by atoms with Crippen LogP contribution < -0.4 is 9.62 Å². The van der Waals surface area contributed by atoms with Crippen LogP contribution in [0.15, 0.2) is 71.6 Å². The van der Waals surface area contributed by atoms with Crippen LogP contribution in [0.1, 0.15) is 22.3 Å². The van der Waals surface area contributed by atoms with Gasteiger partial charge < -0.3 is 10.1 Å². The van der Waals surface area contributed by atoms with Gasteiger partial charge in [0, 0.05) is 31.2 Å². The monoisotopic (exact) mass is 541 g/mol. The number of rotatable bonds is 9. The van der Waals surface area contributed by atoms with Crippen LogP contribution in [0.2, 0.25) is 5.02 Å². The van der Waals surface area contributed by atoms with Gasteiger partial charge in [0.05, 0.1) is 23.8 Å². The van der Waals surface area contributed by atoms with E-state index in [-0.39, 0.29) is 11.4 Å². The Morgan fingerprint density at radius 1 is 0.973 bits per heavy atom. The fourth-order valence-corrected chi connectivity index (χ4v) is 5.91. The number of sulfonamides is 1. The number of ether oxygens (including phenoxy) is 1. The van der Waals surface area contributed by atoms with E-state index in [1.54, 1.807) is 49.4 Å². The van der Waals surface area contributed by atoms with Crippen molar-refractivity contribution in [2.24, 2.45) is 0 Å². The normalized spacial score (nSPS) is 14.4. The fraction of sp³-hybridized carbons (Fsp3) is 0.321. The maximum absolute atomic E-state index is 13.6. The van der Waals surface area contributed by atoms with Gasteiger partial charge in [-0.2, -0.15) is 0 Å². The summed E-state index contributed by atoms with van der Waals surface area (Å²) in [5.74, 6) is -0.401. The number of benzene rings is 3. The highest BCUT2D eigenvalue weighted by molar-refractivity contribution is 7.92. The number of aryl methyl sites for hydroxylation is 2. The molecule has 1 aliphatic heterocycles. The summed E-state index contributed by atoms with van der Waals surface area (Å²) in [7, 11) is -3.99. The summed E-state index contributed by atoms with van der Waals surface area (Å²) >= 11 is 6.10. The summed E-state index contributed by atoms with van der Waals surface area (Å²) in [5, 5.41) is 3.36. The van der Waals surface area contributed by atoms with Crippen LogP contribution in [0, 0.1) is 13.8 Å². The lowest BCUT2D eigenvalue weighted by molar-refractivity contribution is -0.119. The van der Waals surface area contributed by atoms with Crippen LogP contribution >= 0.6 is 11.6 Å². The summed E-state index contributed by atoms with van der Waals surface area (Å²) in [6.07, 6.45) is 0. The Labute approximate surface area is 224 Å². The molecule has 4 rings (SSSR count). The van der Waals surface area contributed by atoms with Gasteiger partial charge in [0.25, 0.3) is 10.0 Å². The third kappa shape index (κ3) is 7.11. The Bertz CT molecular complexity index is 1320. The van der Waals surface area contributed by atoms with Gasteiger partial charge in [-0.15, -0.1) is 0 Å². The average Bonchev–Trinajstić information content (AvgIpc) is 2.88. The van der Waals surface area contributed by atoms with E-state index in [0.717, 1.165) is 48.3 Å². The first-order valence-electron chi connectivity index (χ1n) is 12.2. The van der Waals surface area contributed by atoms with Crippen molar-refractivity contribution in [2.45, 2.75) is 31.8 Å². The maximum atomic E-state index is 13.6. The molecule has 1 saturated heterocycles. The van der Waals surface area contributed by atoms with Crippen molar-refractivity contribution in [3.05, 3.63) is 94.0 Å². The van der Waals surface area contributed by atoms with Crippen molar-refractivity contribution in [1.82, 2.24) is 10.2 Å². The van der Waals surface area contributed by atoms with Crippen molar-refractivity contribution in [3.63, 3.8) is 0 Å². The smallest absolute Gasteiger partial charge is 0.264 e. The van der Waals surface area contributed by atoms with Gasteiger partial charge in [-0.25, -0.2) is 8.42 Å². The first-order valence-corrected chi connectivity index (χ1v) is 14.0. The minimum absolute atomic E-state index is 0.121. The van der Waals surface area contributed by atoms with Gasteiger partial charge in [0.1, 0.15) is 6.54 Å². The zero-order valence-electron chi connectivity index (χ0n) is 21.1. The molecule has 3 aromatic carbocycles. The van der Waals surface area contributed by atoms with Gasteiger partial charge in [-0.05, 0) is 60.9 Å². The second kappa shape index (κ2) is 12.1. The van der Waals surface area contributed by atoms with Crippen molar-refractivity contribution in [1.29, 1.82) is 0 Å². The lowest BCUT2D eigenvalue weighted by Crippen LogP contribution is -2.41. The Balaban J connectivity index is 1.46. The van der Waals surface area contributed by atoms with Crippen LogP contribution in [0.4, 0.5) is 5.69 Å². The molecule has 1 fully saturated rings. The Kier molecular flexibility index (Phi) is 8.87. The predicted octanol–water partition coefficient (Wildman–Crippen LogP) is 4.30. The van der Waals surface area contributed by atoms with Crippen molar-refractivity contribution in [2.75, 3.05) is 37.2 Å². The van der Waals surface area contributed by atoms with E-state index in [4.69, 9.17) is 16.3 Å². The van der Waals surface area contributed by atoms with Gasteiger partial charge >= 0.3 is 0 Å². The van der Waals surface area contributed by atoms with E-state index in [0.29, 0.717) is 22.8 Å². The first-order chi connectivity index (χ1) is 17.7. The standard InChI is InChI=1S/C28H32ClN3O4S/c1-21-3-10-26(11-4-21)37(34,35)32(27-12-9-25(29)17-22(27)2)20-28(33)30-18-23-5-7-24(8-6-23)19-31-13-15-36-16-14-31/h3-12,17H,13-16,18-20H2,1-2H3,(H,30,33). The molecule has 1 N–H and O–H groups in total. The van der Waals surface area contributed by atoms with E-state index in [9.17, 15) is 13.2 Å². The number of hydrogen-bond donors (Lipinski definition) is 1. The molecule has 0 aliphatic carbocycles. The lowest BCUT2D eigenvalue weighted by atomic mass is 10.1. The predicted molar refractivity (Wildman–Crippen MR) is 146 cm³/mol. The summed E-state index contributed by atoms with van der Waals surface area (Å²) in [4.78, 5) is 15.4. The largest absolute Gasteiger partial charge is 0.379 e. The number of nitrogens with zero attached hydrogens (tertiary/aromatic N) is 2. The third-order valence-corrected chi connectivity index (χ3v) is 8.36. The molecule has 9 heteroatoms. The SMILES string of the molecule is Cc1ccc(S(=O)(=O)N(CC(=O)NCc2ccc(CN3CCOCC3)cc2)c2ccc(Cl)cc2C)cc1. The minimum atomic E-state index is -3.99. The van der Waals surface area contributed by atoms with Crippen LogP contribution in [0.25, 0.3) is 0 Å². The molecule has 196 valence electrons. The first kappa shape index (κ1) is 27.1. The Morgan fingerprint density at radius 3 is 2.27 bits per heavy atom. The molecule has 37 heavy (non-hydrogen) atoms. The molecule has 0 saturated carbocycles. The fourth-order valence-electron chi connectivity index (χ4n) is 4.20. The zero-order valence-corrected chi connectivity index (χ0v) is 22.7. The zero-order chi connectivity index (χ0) is 26.4. The van der Waals surface area contributed by atoms with Gasteiger partial charge in [-0.1, -0.05) is 53.6 Å². The van der Waals surface area contributed by atoms with Crippen molar-refractivity contribution >= 4 is 33.2 Å². The van der Waals surface area contributed by atoms with E-state index in [1.807, 2.05) is 19.1 Å². The number of nitrogens with one attached hydrogen (secondary N) is 1. The molecule has 0 bridgehead atoms. The second-order valence-electron chi connectivity index (χ2n) is 9.24. The number of amides is 1. The van der Waals surface area contributed by atoms with Gasteiger partial charge in [0.2, 0.25) is 5.91 Å². The molecular formula is C28H32ClN3O4S. The molecule has 3 aromatic rings. The molecule has 1 aliphatic rings. The molecule has 0 aromatic heterocycles. The van der Waals surface area contributed by atoms with Gasteiger partial charge in [0.15, 0.2) is 0 Å². The van der Waals surface area contributed by atoms with Crippen molar-refractivity contribution in [3.8, 4) is 0 Å². The number of morpholine rings is 1. The van der Waals surface area contributed by atoms with Crippen LogP contribution in [0.5, 0.6) is 0 Å². The molecule has 0 radical (unpaired) electrons. The molecule has 0 atom stereocenters.